The number of likely N-dealkylation sites (N-methyl/N-ethyl adjacent to an activating group) is 1. The highest BCUT2D eigenvalue weighted by Crippen LogP contribution is 2.35. The Bertz CT molecular complexity index is 776. The fourth-order valence-corrected chi connectivity index (χ4v) is 3.43. The first kappa shape index (κ1) is 20.5. The van der Waals surface area contributed by atoms with E-state index < -0.39 is 44.5 Å². The molecule has 0 spiro atoms. The van der Waals surface area contributed by atoms with Gasteiger partial charge in [-0.25, -0.2) is 13.2 Å². The van der Waals surface area contributed by atoms with E-state index >= 15 is 0 Å². The third-order valence-corrected chi connectivity index (χ3v) is 5.50. The zero-order chi connectivity index (χ0) is 19.7. The molecule has 0 aliphatic carbocycles. The number of halogens is 3. The van der Waals surface area contributed by atoms with Crippen LogP contribution in [0.2, 0.25) is 0 Å². The van der Waals surface area contributed by atoms with Gasteiger partial charge in [-0.15, -0.1) is 0 Å². The lowest BCUT2D eigenvalue weighted by Crippen LogP contribution is -2.31. The van der Waals surface area contributed by atoms with E-state index in [0.29, 0.717) is 18.7 Å². The molecule has 0 bridgehead atoms. The number of rotatable bonds is 8. The first-order chi connectivity index (χ1) is 11.9. The van der Waals surface area contributed by atoms with Crippen LogP contribution in [0.15, 0.2) is 23.1 Å². The Morgan fingerprint density at radius 3 is 2.50 bits per heavy atom. The van der Waals surface area contributed by atoms with Crippen LogP contribution in [0.25, 0.3) is 0 Å². The quantitative estimate of drug-likeness (QED) is 0.674. The van der Waals surface area contributed by atoms with Crippen molar-refractivity contribution in [3.05, 3.63) is 23.8 Å². The molecular weight excluding hydrogens is 379 g/mol. The lowest BCUT2D eigenvalue weighted by atomic mass is 10.2. The average molecular weight is 397 g/mol. The number of hydrogen-bond acceptors (Lipinski definition) is 5. The van der Waals surface area contributed by atoms with Gasteiger partial charge >= 0.3 is 12.1 Å². The van der Waals surface area contributed by atoms with Crippen LogP contribution >= 0.6 is 0 Å². The summed E-state index contributed by atoms with van der Waals surface area (Å²) in [7, 11) is -3.01. The van der Waals surface area contributed by atoms with Crippen LogP contribution in [0, 0.1) is 0 Å². The summed E-state index contributed by atoms with van der Waals surface area (Å²) < 4.78 is 75.4. The first-order valence-corrected chi connectivity index (χ1v) is 9.08. The van der Waals surface area contributed by atoms with Crippen molar-refractivity contribution in [2.45, 2.75) is 36.6 Å². The van der Waals surface area contributed by atoms with E-state index in [1.54, 1.807) is 0 Å². The Labute approximate surface area is 148 Å². The van der Waals surface area contributed by atoms with Crippen LogP contribution < -0.4 is 4.74 Å². The summed E-state index contributed by atoms with van der Waals surface area (Å²) in [6.07, 6.45) is -6.52. The molecule has 1 aliphatic heterocycles. The van der Waals surface area contributed by atoms with Gasteiger partial charge in [0.15, 0.2) is 6.10 Å². The highest BCUT2D eigenvalue weighted by molar-refractivity contribution is 7.89. The number of aliphatic carboxylic acids is 1. The summed E-state index contributed by atoms with van der Waals surface area (Å²) in [4.78, 5) is 10.4. The summed E-state index contributed by atoms with van der Waals surface area (Å²) in [5, 5.41) is 9.00. The van der Waals surface area contributed by atoms with Gasteiger partial charge in [0.25, 0.3) is 0 Å². The molecular formula is C15H18F3NO6S. The normalized spacial score (nSPS) is 18.6. The van der Waals surface area contributed by atoms with Crippen LogP contribution in [0.5, 0.6) is 5.75 Å². The fraction of sp³-hybridized carbons (Fsp3) is 0.533. The third kappa shape index (κ3) is 4.86. The molecule has 0 amide bonds. The number of benzene rings is 1. The molecule has 0 radical (unpaired) electrons. The van der Waals surface area contributed by atoms with Crippen LogP contribution in [-0.2, 0) is 25.7 Å². The van der Waals surface area contributed by atoms with Crippen LogP contribution in [0.4, 0.5) is 13.2 Å². The highest BCUT2D eigenvalue weighted by atomic mass is 32.2. The van der Waals surface area contributed by atoms with Gasteiger partial charge in [0.2, 0.25) is 10.0 Å². The summed E-state index contributed by atoms with van der Waals surface area (Å²) in [6.45, 7) is 1.86. The number of carboxylic acids is 1. The molecule has 7 nitrogen and oxygen atoms in total. The lowest BCUT2D eigenvalue weighted by Gasteiger charge is -2.19. The van der Waals surface area contributed by atoms with Crippen molar-refractivity contribution < 1.29 is 41.0 Å². The number of alkyl halides is 3. The fourth-order valence-electron chi connectivity index (χ4n) is 2.16. The smallest absolute Gasteiger partial charge is 0.416 e. The predicted molar refractivity (Wildman–Crippen MR) is 83.3 cm³/mol. The van der Waals surface area contributed by atoms with Gasteiger partial charge in [0, 0.05) is 19.7 Å². The molecule has 2 atom stereocenters. The maximum Gasteiger partial charge on any atom is 0.416 e. The molecule has 11 heteroatoms. The number of hydrogen-bond donors (Lipinski definition) is 1. The average Bonchev–Trinajstić information content (AvgIpc) is 3.35. The second-order valence-electron chi connectivity index (χ2n) is 5.78. The van der Waals surface area contributed by atoms with Crippen LogP contribution in [0.3, 0.4) is 0 Å². The maximum absolute atomic E-state index is 13.1. The molecule has 1 aromatic rings. The van der Waals surface area contributed by atoms with Crippen molar-refractivity contribution in [2.75, 3.05) is 20.2 Å². The van der Waals surface area contributed by atoms with Crippen LogP contribution in [0.1, 0.15) is 18.9 Å². The molecule has 26 heavy (non-hydrogen) atoms. The molecule has 1 heterocycles. The van der Waals surface area contributed by atoms with E-state index in [9.17, 15) is 26.4 Å². The standard InChI is InChI=1S/C15H18F3NO6S/c1-3-13(14(20)21)25-10-4-9(15(16,17)18)5-12(6-10)26(22,23)19(2)7-11-8-24-11/h4-6,11,13H,3,7-8H2,1-2H3,(H,20,21). The Morgan fingerprint density at radius 2 is 2.04 bits per heavy atom. The molecule has 146 valence electrons. The Balaban J connectivity index is 2.44. The number of ether oxygens (including phenoxy) is 2. The molecule has 0 saturated carbocycles. The number of carbonyl (C=O) groups is 1. The Hall–Kier alpha value is -1.85. The van der Waals surface area contributed by atoms with Crippen LogP contribution in [-0.4, -0.2) is 56.2 Å². The summed E-state index contributed by atoms with van der Waals surface area (Å²) in [5.41, 5.74) is -1.25. The molecule has 1 fully saturated rings. The summed E-state index contributed by atoms with van der Waals surface area (Å²) >= 11 is 0. The van der Waals surface area contributed by atoms with Gasteiger partial charge < -0.3 is 14.6 Å². The van der Waals surface area contributed by atoms with Crippen molar-refractivity contribution in [2.24, 2.45) is 0 Å². The van der Waals surface area contributed by atoms with E-state index in [1.165, 1.54) is 14.0 Å². The minimum atomic E-state index is -4.83. The number of nitrogens with zero attached hydrogens (tertiary/aromatic N) is 1. The van der Waals surface area contributed by atoms with E-state index in [1.807, 2.05) is 0 Å². The van der Waals surface area contributed by atoms with Crippen molar-refractivity contribution >= 4 is 16.0 Å². The molecule has 2 rings (SSSR count). The second-order valence-corrected chi connectivity index (χ2v) is 7.83. The Morgan fingerprint density at radius 1 is 1.42 bits per heavy atom. The zero-order valence-electron chi connectivity index (χ0n) is 14.0. The van der Waals surface area contributed by atoms with Crippen molar-refractivity contribution in [1.29, 1.82) is 0 Å². The SMILES string of the molecule is CCC(Oc1cc(C(F)(F)F)cc(S(=O)(=O)N(C)CC2CO2)c1)C(=O)O. The zero-order valence-corrected chi connectivity index (χ0v) is 14.8. The monoisotopic (exact) mass is 397 g/mol. The van der Waals surface area contributed by atoms with Crippen molar-refractivity contribution in [1.82, 2.24) is 4.31 Å². The number of sulfonamides is 1. The largest absolute Gasteiger partial charge is 0.479 e. The minimum absolute atomic E-state index is 0.00147. The lowest BCUT2D eigenvalue weighted by molar-refractivity contribution is -0.145. The predicted octanol–water partition coefficient (Wildman–Crippen LogP) is 1.97. The minimum Gasteiger partial charge on any atom is -0.479 e. The van der Waals surface area contributed by atoms with E-state index in [2.05, 4.69) is 0 Å². The number of epoxide rings is 1. The van der Waals surface area contributed by atoms with E-state index in [4.69, 9.17) is 14.6 Å². The van der Waals surface area contributed by atoms with E-state index in [0.717, 1.165) is 10.4 Å². The van der Waals surface area contributed by atoms with Crippen molar-refractivity contribution in [3.63, 3.8) is 0 Å². The van der Waals surface area contributed by atoms with Gasteiger partial charge in [-0.3, -0.25) is 0 Å². The summed E-state index contributed by atoms with van der Waals surface area (Å²) in [5.74, 6) is -1.85. The highest BCUT2D eigenvalue weighted by Gasteiger charge is 2.35. The summed E-state index contributed by atoms with van der Waals surface area (Å²) in [6, 6.07) is 1.96. The van der Waals surface area contributed by atoms with Gasteiger partial charge in [-0.2, -0.15) is 17.5 Å². The van der Waals surface area contributed by atoms with Gasteiger partial charge in [-0.05, 0) is 18.6 Å². The number of carboxylic acid groups (broad SMARTS) is 1. The van der Waals surface area contributed by atoms with Gasteiger partial charge in [-0.1, -0.05) is 6.92 Å². The van der Waals surface area contributed by atoms with Gasteiger partial charge in [0.05, 0.1) is 23.2 Å². The molecule has 0 aromatic heterocycles. The maximum atomic E-state index is 13.1. The first-order valence-electron chi connectivity index (χ1n) is 7.64. The third-order valence-electron chi connectivity index (χ3n) is 3.70. The van der Waals surface area contributed by atoms with Gasteiger partial charge in [0.1, 0.15) is 5.75 Å². The molecule has 1 saturated heterocycles. The topological polar surface area (TPSA) is 96.4 Å². The molecule has 1 aromatic carbocycles. The molecule has 1 aliphatic rings. The van der Waals surface area contributed by atoms with E-state index in [-0.39, 0.29) is 19.1 Å². The Kier molecular flexibility index (Phi) is 5.83. The molecule has 2 unspecified atom stereocenters. The second kappa shape index (κ2) is 7.41. The van der Waals surface area contributed by atoms with Crippen molar-refractivity contribution in [3.8, 4) is 5.75 Å². The molecule has 1 N–H and O–H groups in total.